The van der Waals surface area contributed by atoms with Gasteiger partial charge in [0.15, 0.2) is 0 Å². The molecule has 1 aliphatic heterocycles. The van der Waals surface area contributed by atoms with E-state index >= 15 is 0 Å². The molecule has 1 saturated heterocycles. The summed E-state index contributed by atoms with van der Waals surface area (Å²) in [5.41, 5.74) is 0. The van der Waals surface area contributed by atoms with Crippen LogP contribution in [0.1, 0.15) is 20.3 Å². The lowest BCUT2D eigenvalue weighted by Gasteiger charge is -2.40. The van der Waals surface area contributed by atoms with Crippen molar-refractivity contribution in [3.05, 3.63) is 0 Å². The minimum absolute atomic E-state index is 0.0406. The van der Waals surface area contributed by atoms with Crippen LogP contribution in [0.5, 0.6) is 0 Å². The van der Waals surface area contributed by atoms with Crippen molar-refractivity contribution in [2.45, 2.75) is 44.6 Å². The summed E-state index contributed by atoms with van der Waals surface area (Å²) in [6, 6.07) is 0.240. The van der Waals surface area contributed by atoms with Crippen LogP contribution in [0.4, 0.5) is 0 Å². The van der Waals surface area contributed by atoms with Crippen LogP contribution in [-0.4, -0.2) is 48.5 Å². The first-order valence-electron chi connectivity index (χ1n) is 4.52. The summed E-state index contributed by atoms with van der Waals surface area (Å²) < 4.78 is 5.50. The van der Waals surface area contributed by atoms with Crippen LogP contribution >= 0.6 is 0 Å². The summed E-state index contributed by atoms with van der Waals surface area (Å²) in [5.74, 6) is 0. The molecule has 1 N–H and O–H groups in total. The van der Waals surface area contributed by atoms with Gasteiger partial charge in [0.05, 0.1) is 18.3 Å². The Kier molecular flexibility index (Phi) is 3.09. The van der Waals surface area contributed by atoms with Crippen molar-refractivity contribution in [3.63, 3.8) is 0 Å². The maximum absolute atomic E-state index is 9.76. The van der Waals surface area contributed by atoms with Gasteiger partial charge >= 0.3 is 0 Å². The lowest BCUT2D eigenvalue weighted by Crippen LogP contribution is -2.52. The zero-order valence-electron chi connectivity index (χ0n) is 8.32. The van der Waals surface area contributed by atoms with Crippen LogP contribution in [0, 0.1) is 0 Å². The van der Waals surface area contributed by atoms with E-state index in [4.69, 9.17) is 4.74 Å². The third-order valence-electron chi connectivity index (χ3n) is 2.56. The Morgan fingerprint density at radius 3 is 2.42 bits per heavy atom. The second-order valence-electron chi connectivity index (χ2n) is 3.91. The molecule has 0 amide bonds. The predicted octanol–water partition coefficient (Wildman–Crippen LogP) is 0.475. The maximum atomic E-state index is 9.76. The highest BCUT2D eigenvalue weighted by atomic mass is 16.5. The third kappa shape index (κ3) is 1.97. The summed E-state index contributed by atoms with van der Waals surface area (Å²) in [7, 11) is 4.00. The van der Waals surface area contributed by atoms with Gasteiger partial charge in [-0.25, -0.2) is 0 Å². The summed E-state index contributed by atoms with van der Waals surface area (Å²) >= 11 is 0. The zero-order chi connectivity index (χ0) is 9.30. The monoisotopic (exact) mass is 173 g/mol. The Morgan fingerprint density at radius 1 is 1.33 bits per heavy atom. The number of rotatable bonds is 1. The average Bonchev–Trinajstić information content (AvgIpc) is 1.96. The van der Waals surface area contributed by atoms with Crippen molar-refractivity contribution in [1.82, 2.24) is 4.90 Å². The summed E-state index contributed by atoms with van der Waals surface area (Å²) in [6.07, 6.45) is 0.784. The molecule has 4 atom stereocenters. The van der Waals surface area contributed by atoms with Gasteiger partial charge in [-0.1, -0.05) is 0 Å². The number of hydrogen-bond acceptors (Lipinski definition) is 3. The highest BCUT2D eigenvalue weighted by Gasteiger charge is 2.34. The number of hydrogen-bond donors (Lipinski definition) is 1. The molecule has 0 aromatic rings. The second-order valence-corrected chi connectivity index (χ2v) is 3.91. The minimum Gasteiger partial charge on any atom is -0.389 e. The standard InChI is InChI=1S/C9H19NO2/c1-6-5-8(10(3)4)9(11)7(2)12-6/h6-9,11H,5H2,1-4H3/t6-,7+,8+,9+/m1/s1. The molecule has 0 unspecified atom stereocenters. The van der Waals surface area contributed by atoms with E-state index in [9.17, 15) is 5.11 Å². The predicted molar refractivity (Wildman–Crippen MR) is 48.1 cm³/mol. The molecule has 0 spiro atoms. The van der Waals surface area contributed by atoms with Gasteiger partial charge < -0.3 is 14.7 Å². The number of nitrogens with zero attached hydrogens (tertiary/aromatic N) is 1. The fourth-order valence-corrected chi connectivity index (χ4v) is 1.81. The summed E-state index contributed by atoms with van der Waals surface area (Å²) in [6.45, 7) is 3.98. The SMILES string of the molecule is C[C@@H]1C[C@H](N(C)C)[C@@H](O)[C@H](C)O1. The molecular formula is C9H19NO2. The van der Waals surface area contributed by atoms with Crippen LogP contribution in [-0.2, 0) is 4.74 Å². The van der Waals surface area contributed by atoms with Crippen molar-refractivity contribution in [3.8, 4) is 0 Å². The highest BCUT2D eigenvalue weighted by Crippen LogP contribution is 2.22. The van der Waals surface area contributed by atoms with Crippen molar-refractivity contribution in [2.75, 3.05) is 14.1 Å². The van der Waals surface area contributed by atoms with E-state index in [1.807, 2.05) is 21.0 Å². The van der Waals surface area contributed by atoms with Crippen LogP contribution < -0.4 is 0 Å². The normalized spacial score (nSPS) is 43.5. The van der Waals surface area contributed by atoms with Gasteiger partial charge in [-0.15, -0.1) is 0 Å². The molecule has 1 fully saturated rings. The van der Waals surface area contributed by atoms with E-state index in [-0.39, 0.29) is 24.4 Å². The molecule has 0 radical (unpaired) electrons. The molecule has 3 heteroatoms. The highest BCUT2D eigenvalue weighted by molar-refractivity contribution is 4.86. The molecule has 0 saturated carbocycles. The molecule has 72 valence electrons. The largest absolute Gasteiger partial charge is 0.389 e. The first-order chi connectivity index (χ1) is 5.52. The van der Waals surface area contributed by atoms with Crippen LogP contribution in [0.2, 0.25) is 0 Å². The minimum atomic E-state index is -0.351. The van der Waals surface area contributed by atoms with Gasteiger partial charge in [0.25, 0.3) is 0 Å². The molecule has 1 heterocycles. The Bertz CT molecular complexity index is 149. The molecule has 1 aliphatic rings. The van der Waals surface area contributed by atoms with E-state index in [1.54, 1.807) is 0 Å². The molecule has 0 bridgehead atoms. The fraction of sp³-hybridized carbons (Fsp3) is 1.00. The van der Waals surface area contributed by atoms with E-state index in [2.05, 4.69) is 11.8 Å². The zero-order valence-corrected chi connectivity index (χ0v) is 8.32. The quantitative estimate of drug-likeness (QED) is 0.626. The number of aliphatic hydroxyl groups is 1. The fourth-order valence-electron chi connectivity index (χ4n) is 1.81. The number of ether oxygens (including phenoxy) is 1. The van der Waals surface area contributed by atoms with Crippen LogP contribution in [0.15, 0.2) is 0 Å². The smallest absolute Gasteiger partial charge is 0.0954 e. The average molecular weight is 173 g/mol. The van der Waals surface area contributed by atoms with Gasteiger partial charge in [-0.2, -0.15) is 0 Å². The first-order valence-corrected chi connectivity index (χ1v) is 4.52. The molecule has 3 nitrogen and oxygen atoms in total. The van der Waals surface area contributed by atoms with Gasteiger partial charge in [0.2, 0.25) is 0 Å². The van der Waals surface area contributed by atoms with E-state index in [1.165, 1.54) is 0 Å². The Balaban J connectivity index is 2.60. The Labute approximate surface area is 74.3 Å². The van der Waals surface area contributed by atoms with Crippen molar-refractivity contribution >= 4 is 0 Å². The molecule has 0 aromatic heterocycles. The summed E-state index contributed by atoms with van der Waals surface area (Å²) in [5, 5.41) is 9.76. The van der Waals surface area contributed by atoms with Gasteiger partial charge in [-0.05, 0) is 34.4 Å². The second kappa shape index (κ2) is 3.73. The maximum Gasteiger partial charge on any atom is 0.0954 e. The van der Waals surface area contributed by atoms with Gasteiger partial charge in [-0.3, -0.25) is 0 Å². The number of aliphatic hydroxyl groups excluding tert-OH is 1. The molecule has 1 rings (SSSR count). The van der Waals surface area contributed by atoms with E-state index < -0.39 is 0 Å². The summed E-state index contributed by atoms with van der Waals surface area (Å²) in [4.78, 5) is 2.07. The van der Waals surface area contributed by atoms with Crippen molar-refractivity contribution in [1.29, 1.82) is 0 Å². The van der Waals surface area contributed by atoms with Gasteiger partial charge in [0.1, 0.15) is 0 Å². The molecular weight excluding hydrogens is 154 g/mol. The molecule has 0 aromatic carbocycles. The van der Waals surface area contributed by atoms with E-state index in [0.29, 0.717) is 0 Å². The number of likely N-dealkylation sites (N-methyl/N-ethyl adjacent to an activating group) is 1. The topological polar surface area (TPSA) is 32.7 Å². The Morgan fingerprint density at radius 2 is 1.92 bits per heavy atom. The van der Waals surface area contributed by atoms with Gasteiger partial charge in [0, 0.05) is 6.04 Å². The Hall–Kier alpha value is -0.120. The third-order valence-corrected chi connectivity index (χ3v) is 2.56. The van der Waals surface area contributed by atoms with Crippen molar-refractivity contribution in [2.24, 2.45) is 0 Å². The lowest BCUT2D eigenvalue weighted by atomic mass is 9.96. The lowest BCUT2D eigenvalue weighted by molar-refractivity contribution is -0.134. The van der Waals surface area contributed by atoms with Crippen LogP contribution in [0.25, 0.3) is 0 Å². The first kappa shape index (κ1) is 9.96. The van der Waals surface area contributed by atoms with Crippen LogP contribution in [0.3, 0.4) is 0 Å². The molecule has 12 heavy (non-hydrogen) atoms. The molecule has 0 aliphatic carbocycles. The van der Waals surface area contributed by atoms with Crippen molar-refractivity contribution < 1.29 is 9.84 Å². The van der Waals surface area contributed by atoms with E-state index in [0.717, 1.165) is 6.42 Å².